The number of hydrogen-bond acceptors (Lipinski definition) is 4. The van der Waals surface area contributed by atoms with Crippen LogP contribution in [-0.4, -0.2) is 16.9 Å². The third-order valence-corrected chi connectivity index (χ3v) is 6.07. The molecule has 2 aliphatic carbocycles. The van der Waals surface area contributed by atoms with Crippen LogP contribution in [0.1, 0.15) is 24.3 Å². The molecule has 1 aromatic carbocycles. The highest BCUT2D eigenvalue weighted by Crippen LogP contribution is 2.47. The van der Waals surface area contributed by atoms with Crippen molar-refractivity contribution >= 4 is 39.9 Å². The smallest absolute Gasteiger partial charge is 0.225 e. The number of nitrogens with two attached hydrogens (primary N) is 1. The third kappa shape index (κ3) is 2.62. The van der Waals surface area contributed by atoms with Crippen LogP contribution in [0.5, 0.6) is 0 Å². The zero-order valence-electron chi connectivity index (χ0n) is 12.2. The number of amides is 1. The molecule has 0 radical (unpaired) electrons. The van der Waals surface area contributed by atoms with Crippen LogP contribution in [0.2, 0.25) is 0 Å². The molecule has 1 heterocycles. The van der Waals surface area contributed by atoms with E-state index in [9.17, 15) is 4.79 Å². The van der Waals surface area contributed by atoms with Crippen LogP contribution in [0.3, 0.4) is 0 Å². The van der Waals surface area contributed by atoms with E-state index in [1.807, 2.05) is 18.2 Å². The van der Waals surface area contributed by atoms with Crippen molar-refractivity contribution in [2.45, 2.75) is 31.8 Å². The van der Waals surface area contributed by atoms with Crippen molar-refractivity contribution in [2.24, 2.45) is 23.5 Å². The average molecular weight is 338 g/mol. The highest BCUT2D eigenvalue weighted by molar-refractivity contribution is 7.18. The highest BCUT2D eigenvalue weighted by Gasteiger charge is 2.48. The number of hydrogen-bond donors (Lipinski definition) is 2. The number of benzene rings is 1. The molecule has 0 saturated heterocycles. The first-order valence-electron chi connectivity index (χ1n) is 7.60. The molecule has 0 spiro atoms. The van der Waals surface area contributed by atoms with E-state index in [0.29, 0.717) is 18.4 Å². The van der Waals surface area contributed by atoms with Crippen LogP contribution in [0.4, 0.5) is 0 Å². The summed E-state index contributed by atoms with van der Waals surface area (Å²) in [6, 6.07) is 8.11. The molecule has 22 heavy (non-hydrogen) atoms. The number of halogens is 1. The van der Waals surface area contributed by atoms with Gasteiger partial charge in [-0.05, 0) is 43.2 Å². The predicted octanol–water partition coefficient (Wildman–Crippen LogP) is 2.71. The Morgan fingerprint density at radius 3 is 2.82 bits per heavy atom. The highest BCUT2D eigenvalue weighted by atomic mass is 35.5. The summed E-state index contributed by atoms with van der Waals surface area (Å²) < 4.78 is 1.17. The lowest BCUT2D eigenvalue weighted by Gasteiger charge is -2.26. The molecule has 0 aliphatic heterocycles. The molecule has 6 heteroatoms. The van der Waals surface area contributed by atoms with Gasteiger partial charge < -0.3 is 11.1 Å². The summed E-state index contributed by atoms with van der Waals surface area (Å²) in [7, 11) is 0. The van der Waals surface area contributed by atoms with E-state index >= 15 is 0 Å². The largest absolute Gasteiger partial charge is 0.349 e. The normalized spacial score (nSPS) is 29.5. The Bertz CT molecular complexity index is 654. The van der Waals surface area contributed by atoms with E-state index in [1.54, 1.807) is 11.3 Å². The van der Waals surface area contributed by atoms with Gasteiger partial charge in [0.05, 0.1) is 22.7 Å². The number of rotatable bonds is 3. The molecule has 2 fully saturated rings. The van der Waals surface area contributed by atoms with Gasteiger partial charge in [0.15, 0.2) is 0 Å². The second kappa shape index (κ2) is 6.14. The molecule has 4 unspecified atom stereocenters. The van der Waals surface area contributed by atoms with Gasteiger partial charge in [-0.15, -0.1) is 23.7 Å². The summed E-state index contributed by atoms with van der Waals surface area (Å²) in [6.45, 7) is 0.513. The van der Waals surface area contributed by atoms with E-state index in [1.165, 1.54) is 11.1 Å². The molecule has 2 aliphatic rings. The summed E-state index contributed by atoms with van der Waals surface area (Å²) in [4.78, 5) is 17.0. The maximum absolute atomic E-state index is 12.4. The van der Waals surface area contributed by atoms with Gasteiger partial charge in [0.2, 0.25) is 5.91 Å². The number of nitrogens with zero attached hydrogens (tertiary/aromatic N) is 1. The number of carbonyl (C=O) groups excluding carboxylic acids is 1. The van der Waals surface area contributed by atoms with Crippen LogP contribution < -0.4 is 11.1 Å². The molecule has 4 rings (SSSR count). The molecule has 2 bridgehead atoms. The molecule has 4 atom stereocenters. The zero-order chi connectivity index (χ0) is 14.4. The number of para-hydroxylation sites is 1. The molecule has 1 amide bonds. The van der Waals surface area contributed by atoms with Gasteiger partial charge in [0.25, 0.3) is 0 Å². The average Bonchev–Trinajstić information content (AvgIpc) is 3.17. The van der Waals surface area contributed by atoms with Crippen LogP contribution in [0.15, 0.2) is 24.3 Å². The van der Waals surface area contributed by atoms with Crippen molar-refractivity contribution in [3.8, 4) is 0 Å². The first kappa shape index (κ1) is 15.7. The molecule has 3 N–H and O–H groups in total. The second-order valence-corrected chi connectivity index (χ2v) is 7.34. The van der Waals surface area contributed by atoms with Crippen molar-refractivity contribution in [3.63, 3.8) is 0 Å². The lowest BCUT2D eigenvalue weighted by atomic mass is 9.84. The van der Waals surface area contributed by atoms with Gasteiger partial charge in [-0.3, -0.25) is 4.79 Å². The summed E-state index contributed by atoms with van der Waals surface area (Å²) in [5, 5.41) is 4.01. The van der Waals surface area contributed by atoms with E-state index < -0.39 is 0 Å². The summed E-state index contributed by atoms with van der Waals surface area (Å²) in [5.74, 6) is 1.20. The molecule has 118 valence electrons. The maximum Gasteiger partial charge on any atom is 0.225 e. The Hall–Kier alpha value is -1.17. The SMILES string of the molecule is Cl.NC1C2CCC(C2)C1C(=O)NCc1nc2ccccc2s1. The van der Waals surface area contributed by atoms with Crippen molar-refractivity contribution in [2.75, 3.05) is 0 Å². The fraction of sp³-hybridized carbons (Fsp3) is 0.500. The van der Waals surface area contributed by atoms with Crippen LogP contribution >= 0.6 is 23.7 Å². The second-order valence-electron chi connectivity index (χ2n) is 6.23. The maximum atomic E-state index is 12.4. The van der Waals surface area contributed by atoms with Gasteiger partial charge in [0, 0.05) is 6.04 Å². The number of nitrogens with one attached hydrogen (secondary N) is 1. The van der Waals surface area contributed by atoms with Crippen molar-refractivity contribution in [3.05, 3.63) is 29.3 Å². The summed E-state index contributed by atoms with van der Waals surface area (Å²) in [6.07, 6.45) is 3.51. The number of carbonyl (C=O) groups is 1. The van der Waals surface area contributed by atoms with Gasteiger partial charge in [-0.2, -0.15) is 0 Å². The Morgan fingerprint density at radius 1 is 1.32 bits per heavy atom. The third-order valence-electron chi connectivity index (χ3n) is 5.04. The standard InChI is InChI=1S/C16H19N3OS.ClH/c17-15-10-6-5-9(7-10)14(15)16(20)18-8-13-19-11-3-1-2-4-12(11)21-13;/h1-4,9-10,14-15H,5-8,17H2,(H,18,20);1H. The number of thiazole rings is 1. The Morgan fingerprint density at radius 2 is 2.09 bits per heavy atom. The predicted molar refractivity (Wildman–Crippen MR) is 91.0 cm³/mol. The fourth-order valence-corrected chi connectivity index (χ4v) is 4.91. The van der Waals surface area contributed by atoms with Crippen molar-refractivity contribution in [1.82, 2.24) is 10.3 Å². The van der Waals surface area contributed by atoms with E-state index in [4.69, 9.17) is 5.73 Å². The van der Waals surface area contributed by atoms with E-state index in [2.05, 4.69) is 16.4 Å². The van der Waals surface area contributed by atoms with Gasteiger partial charge in [-0.25, -0.2) is 4.98 Å². The minimum absolute atomic E-state index is 0. The van der Waals surface area contributed by atoms with Crippen LogP contribution in [0, 0.1) is 17.8 Å². The van der Waals surface area contributed by atoms with E-state index in [0.717, 1.165) is 23.4 Å². The minimum Gasteiger partial charge on any atom is -0.349 e. The summed E-state index contributed by atoms with van der Waals surface area (Å²) in [5.41, 5.74) is 7.22. The molecule has 1 aromatic heterocycles. The molecule has 2 saturated carbocycles. The van der Waals surface area contributed by atoms with Gasteiger partial charge in [0.1, 0.15) is 5.01 Å². The quantitative estimate of drug-likeness (QED) is 0.904. The lowest BCUT2D eigenvalue weighted by Crippen LogP contribution is -2.45. The van der Waals surface area contributed by atoms with Crippen LogP contribution in [-0.2, 0) is 11.3 Å². The Balaban J connectivity index is 0.00000144. The number of aromatic nitrogens is 1. The first-order valence-corrected chi connectivity index (χ1v) is 8.42. The zero-order valence-corrected chi connectivity index (χ0v) is 13.8. The monoisotopic (exact) mass is 337 g/mol. The molecular formula is C16H20ClN3OS. The fourth-order valence-electron chi connectivity index (χ4n) is 4.00. The summed E-state index contributed by atoms with van der Waals surface area (Å²) >= 11 is 1.64. The van der Waals surface area contributed by atoms with Crippen LogP contribution in [0.25, 0.3) is 10.2 Å². The minimum atomic E-state index is 0. The Kier molecular flexibility index (Phi) is 4.39. The van der Waals surface area contributed by atoms with Crippen molar-refractivity contribution < 1.29 is 4.79 Å². The Labute approximate surface area is 139 Å². The first-order chi connectivity index (χ1) is 10.2. The molecule has 4 nitrogen and oxygen atoms in total. The topological polar surface area (TPSA) is 68.0 Å². The van der Waals surface area contributed by atoms with Gasteiger partial charge in [-0.1, -0.05) is 12.1 Å². The van der Waals surface area contributed by atoms with Crippen molar-refractivity contribution in [1.29, 1.82) is 0 Å². The van der Waals surface area contributed by atoms with Gasteiger partial charge >= 0.3 is 0 Å². The molecule has 2 aromatic rings. The number of fused-ring (bicyclic) bond motifs is 3. The molecular weight excluding hydrogens is 318 g/mol. The van der Waals surface area contributed by atoms with E-state index in [-0.39, 0.29) is 30.3 Å². The lowest BCUT2D eigenvalue weighted by molar-refractivity contribution is -0.127.